The molecule has 1 N–H and O–H groups in total. The summed E-state index contributed by atoms with van der Waals surface area (Å²) in [4.78, 5) is 2.09. The molecule has 0 unspecified atom stereocenters. The van der Waals surface area contributed by atoms with Gasteiger partial charge in [-0.3, -0.25) is 0 Å². The average molecular weight is 343 g/mol. The summed E-state index contributed by atoms with van der Waals surface area (Å²) in [5.74, 6) is 1.09. The third-order valence-electron chi connectivity index (χ3n) is 4.84. The molecule has 3 heteroatoms. The molecule has 0 saturated heterocycles. The summed E-state index contributed by atoms with van der Waals surface area (Å²) >= 11 is 0. The van der Waals surface area contributed by atoms with Gasteiger partial charge in [0.15, 0.2) is 0 Å². The lowest BCUT2D eigenvalue weighted by Gasteiger charge is -2.21. The molecule has 0 spiro atoms. The van der Waals surface area contributed by atoms with Crippen molar-refractivity contribution in [1.82, 2.24) is 0 Å². The molecule has 4 rings (SSSR count). The van der Waals surface area contributed by atoms with Crippen LogP contribution in [0.3, 0.4) is 0 Å². The molecule has 26 heavy (non-hydrogen) atoms. The van der Waals surface area contributed by atoms with Gasteiger partial charge in [0, 0.05) is 30.9 Å². The first-order chi connectivity index (χ1) is 12.6. The monoisotopic (exact) mass is 343 g/mol. The Morgan fingerprint density at radius 2 is 1.50 bits per heavy atom. The second kappa shape index (κ2) is 6.26. The van der Waals surface area contributed by atoms with Crippen LogP contribution in [0.5, 0.6) is 11.5 Å². The topological polar surface area (TPSA) is 32.7 Å². The summed E-state index contributed by atoms with van der Waals surface area (Å²) in [5.41, 5.74) is 2.97. The van der Waals surface area contributed by atoms with Gasteiger partial charge in [0.2, 0.25) is 0 Å². The van der Waals surface area contributed by atoms with Gasteiger partial charge in [-0.2, -0.15) is 0 Å². The summed E-state index contributed by atoms with van der Waals surface area (Å²) < 4.78 is 5.36. The summed E-state index contributed by atoms with van der Waals surface area (Å²) in [6.07, 6.45) is 0. The number of hydrogen-bond acceptors (Lipinski definition) is 3. The standard InChI is InChI=1S/C23H21NO2/c1-24(2)20-12-8-15-6-4-5-7-18(15)22(20)23-19-11-10-17(26-3)14-16(19)9-13-21(23)25/h4-14,25H,1-3H3. The molecule has 0 aliphatic carbocycles. The first-order valence-corrected chi connectivity index (χ1v) is 8.59. The number of nitrogens with zero attached hydrogens (tertiary/aromatic N) is 1. The van der Waals surface area contributed by atoms with Gasteiger partial charge in [-0.1, -0.05) is 36.4 Å². The van der Waals surface area contributed by atoms with E-state index in [0.29, 0.717) is 0 Å². The highest BCUT2D eigenvalue weighted by Gasteiger charge is 2.18. The number of fused-ring (bicyclic) bond motifs is 2. The first kappa shape index (κ1) is 16.3. The number of hydrogen-bond donors (Lipinski definition) is 1. The number of phenolic OH excluding ortho intramolecular Hbond substituents is 1. The van der Waals surface area contributed by atoms with Crippen molar-refractivity contribution < 1.29 is 9.84 Å². The van der Waals surface area contributed by atoms with E-state index in [2.05, 4.69) is 29.2 Å². The van der Waals surface area contributed by atoms with Crippen LogP contribution in [0.25, 0.3) is 32.7 Å². The molecule has 0 atom stereocenters. The highest BCUT2D eigenvalue weighted by Crippen LogP contribution is 2.45. The van der Waals surface area contributed by atoms with Gasteiger partial charge in [-0.05, 0) is 51.9 Å². The Hall–Kier alpha value is -3.20. The third-order valence-corrected chi connectivity index (χ3v) is 4.84. The number of rotatable bonds is 3. The van der Waals surface area contributed by atoms with E-state index in [-0.39, 0.29) is 5.75 Å². The lowest BCUT2D eigenvalue weighted by Crippen LogP contribution is -2.10. The molecule has 130 valence electrons. The Kier molecular flexibility index (Phi) is 3.92. The van der Waals surface area contributed by atoms with Gasteiger partial charge in [0.25, 0.3) is 0 Å². The maximum atomic E-state index is 10.8. The molecule has 3 nitrogen and oxygen atoms in total. The van der Waals surface area contributed by atoms with E-state index >= 15 is 0 Å². The quantitative estimate of drug-likeness (QED) is 0.537. The van der Waals surface area contributed by atoms with Crippen LogP contribution >= 0.6 is 0 Å². The van der Waals surface area contributed by atoms with E-state index in [0.717, 1.165) is 44.1 Å². The zero-order chi connectivity index (χ0) is 18.3. The van der Waals surface area contributed by atoms with Crippen molar-refractivity contribution in [2.45, 2.75) is 0 Å². The molecule has 4 aromatic carbocycles. The molecule has 0 radical (unpaired) electrons. The van der Waals surface area contributed by atoms with Gasteiger partial charge in [0.05, 0.1) is 7.11 Å². The van der Waals surface area contributed by atoms with Crippen molar-refractivity contribution in [1.29, 1.82) is 0 Å². The van der Waals surface area contributed by atoms with Gasteiger partial charge >= 0.3 is 0 Å². The summed E-state index contributed by atoms with van der Waals surface area (Å²) in [5, 5.41) is 15.1. The van der Waals surface area contributed by atoms with Crippen LogP contribution in [0.4, 0.5) is 5.69 Å². The fourth-order valence-corrected chi connectivity index (χ4v) is 3.58. The zero-order valence-corrected chi connectivity index (χ0v) is 15.2. The fourth-order valence-electron chi connectivity index (χ4n) is 3.58. The molecule has 0 bridgehead atoms. The van der Waals surface area contributed by atoms with E-state index in [4.69, 9.17) is 4.74 Å². The minimum absolute atomic E-state index is 0.280. The Balaban J connectivity index is 2.16. The number of anilines is 1. The molecule has 0 aliphatic heterocycles. The second-order valence-electron chi connectivity index (χ2n) is 6.62. The highest BCUT2D eigenvalue weighted by atomic mass is 16.5. The van der Waals surface area contributed by atoms with Gasteiger partial charge < -0.3 is 14.7 Å². The SMILES string of the molecule is COc1ccc2c(-c3c(N(C)C)ccc4ccccc34)c(O)ccc2c1. The summed E-state index contributed by atoms with van der Waals surface area (Å²) in [6, 6.07) is 22.2. The van der Waals surface area contributed by atoms with Crippen LogP contribution < -0.4 is 9.64 Å². The molecule has 0 amide bonds. The highest BCUT2D eigenvalue weighted by molar-refractivity contribution is 6.11. The molecule has 4 aromatic rings. The molecular weight excluding hydrogens is 322 g/mol. The molecule has 0 heterocycles. The predicted molar refractivity (Wildman–Crippen MR) is 109 cm³/mol. The Morgan fingerprint density at radius 3 is 2.27 bits per heavy atom. The van der Waals surface area contributed by atoms with Gasteiger partial charge in [-0.15, -0.1) is 0 Å². The van der Waals surface area contributed by atoms with E-state index in [1.165, 1.54) is 0 Å². The van der Waals surface area contributed by atoms with Crippen LogP contribution in [0, 0.1) is 0 Å². The van der Waals surface area contributed by atoms with Crippen LogP contribution in [0.2, 0.25) is 0 Å². The van der Waals surface area contributed by atoms with Gasteiger partial charge in [0.1, 0.15) is 11.5 Å². The van der Waals surface area contributed by atoms with Gasteiger partial charge in [-0.25, -0.2) is 0 Å². The van der Waals surface area contributed by atoms with E-state index in [1.807, 2.05) is 50.5 Å². The maximum absolute atomic E-state index is 10.8. The summed E-state index contributed by atoms with van der Waals surface area (Å²) in [7, 11) is 5.72. The zero-order valence-electron chi connectivity index (χ0n) is 15.2. The average Bonchev–Trinajstić information content (AvgIpc) is 2.67. The lowest BCUT2D eigenvalue weighted by molar-refractivity contribution is 0.415. The number of phenols is 1. The second-order valence-corrected chi connectivity index (χ2v) is 6.62. The minimum Gasteiger partial charge on any atom is -0.507 e. The third kappa shape index (κ3) is 2.53. The van der Waals surface area contributed by atoms with Crippen molar-refractivity contribution in [2.75, 3.05) is 26.1 Å². The number of ether oxygens (including phenoxy) is 1. The fraction of sp³-hybridized carbons (Fsp3) is 0.130. The lowest BCUT2D eigenvalue weighted by atomic mass is 9.91. The van der Waals surface area contributed by atoms with E-state index < -0.39 is 0 Å². The van der Waals surface area contributed by atoms with Crippen molar-refractivity contribution in [3.8, 4) is 22.6 Å². The van der Waals surface area contributed by atoms with Crippen LogP contribution in [0.15, 0.2) is 66.7 Å². The predicted octanol–water partition coefficient (Wildman–Crippen LogP) is 5.44. The molecular formula is C23H21NO2. The van der Waals surface area contributed by atoms with Crippen LogP contribution in [-0.4, -0.2) is 26.3 Å². The molecule has 0 fully saturated rings. The maximum Gasteiger partial charge on any atom is 0.124 e. The van der Waals surface area contributed by atoms with E-state index in [1.54, 1.807) is 13.2 Å². The first-order valence-electron chi connectivity index (χ1n) is 8.59. The van der Waals surface area contributed by atoms with Crippen molar-refractivity contribution in [2.24, 2.45) is 0 Å². The normalized spacial score (nSPS) is 11.0. The molecule has 0 saturated carbocycles. The minimum atomic E-state index is 0.280. The molecule has 0 aromatic heterocycles. The Labute approximate surface area is 153 Å². The summed E-state index contributed by atoms with van der Waals surface area (Å²) in [6.45, 7) is 0. The van der Waals surface area contributed by atoms with Crippen molar-refractivity contribution in [3.63, 3.8) is 0 Å². The largest absolute Gasteiger partial charge is 0.507 e. The van der Waals surface area contributed by atoms with Crippen LogP contribution in [0.1, 0.15) is 0 Å². The number of aromatic hydroxyl groups is 1. The Bertz CT molecular complexity index is 1120. The Morgan fingerprint density at radius 1 is 0.769 bits per heavy atom. The van der Waals surface area contributed by atoms with Crippen molar-refractivity contribution in [3.05, 3.63) is 66.7 Å². The van der Waals surface area contributed by atoms with Crippen molar-refractivity contribution >= 4 is 27.2 Å². The number of benzene rings is 4. The molecule has 0 aliphatic rings. The number of methoxy groups -OCH3 is 1. The smallest absolute Gasteiger partial charge is 0.124 e. The van der Waals surface area contributed by atoms with E-state index in [9.17, 15) is 5.11 Å². The van der Waals surface area contributed by atoms with Crippen LogP contribution in [-0.2, 0) is 0 Å².